The molecule has 0 spiro atoms. The van der Waals surface area contributed by atoms with Crippen LogP contribution in [0.4, 0.5) is 17.5 Å². The van der Waals surface area contributed by atoms with Crippen molar-refractivity contribution in [2.75, 3.05) is 31.4 Å². The van der Waals surface area contributed by atoms with Gasteiger partial charge in [-0.2, -0.15) is 4.98 Å². The van der Waals surface area contributed by atoms with Crippen LogP contribution in [0.5, 0.6) is 11.5 Å². The first-order valence-corrected chi connectivity index (χ1v) is 9.77. The van der Waals surface area contributed by atoms with Crippen LogP contribution in [0, 0.1) is 6.92 Å². The minimum absolute atomic E-state index is 0.586. The molecular weight excluding hydrogens is 364 g/mol. The smallest absolute Gasteiger partial charge is 0.229 e. The number of hydrogen-bond donors (Lipinski definition) is 2. The Morgan fingerprint density at radius 1 is 0.862 bits per heavy atom. The molecule has 3 aromatic rings. The molecule has 0 aliphatic carbocycles. The summed E-state index contributed by atoms with van der Waals surface area (Å²) in [7, 11) is 3.29. The second-order valence-electron chi connectivity index (χ2n) is 6.76. The normalized spacial score (nSPS) is 10.5. The van der Waals surface area contributed by atoms with Crippen LogP contribution in [0.25, 0.3) is 0 Å². The molecule has 1 aromatic heterocycles. The van der Waals surface area contributed by atoms with Gasteiger partial charge in [0.25, 0.3) is 0 Å². The van der Waals surface area contributed by atoms with Crippen LogP contribution in [0.1, 0.15) is 23.7 Å². The van der Waals surface area contributed by atoms with Crippen molar-refractivity contribution in [3.05, 3.63) is 65.4 Å². The van der Waals surface area contributed by atoms with Crippen molar-refractivity contribution >= 4 is 17.5 Å². The number of methoxy groups -OCH3 is 2. The average Bonchev–Trinajstić information content (AvgIpc) is 2.73. The van der Waals surface area contributed by atoms with Gasteiger partial charge in [-0.3, -0.25) is 0 Å². The first kappa shape index (κ1) is 20.5. The van der Waals surface area contributed by atoms with Crippen molar-refractivity contribution in [2.24, 2.45) is 0 Å². The fourth-order valence-electron chi connectivity index (χ4n) is 3.04. The van der Waals surface area contributed by atoms with E-state index in [1.165, 1.54) is 5.56 Å². The summed E-state index contributed by atoms with van der Waals surface area (Å²) in [5, 5.41) is 6.66. The zero-order valence-electron chi connectivity index (χ0n) is 17.5. The third-order valence-corrected chi connectivity index (χ3v) is 4.64. The Kier molecular flexibility index (Phi) is 6.89. The summed E-state index contributed by atoms with van der Waals surface area (Å²) in [6, 6.07) is 16.2. The van der Waals surface area contributed by atoms with Gasteiger partial charge in [-0.15, -0.1) is 0 Å². The standard InChI is InChI=1S/C23H28N4O2/c1-5-17-6-9-19(10-7-17)26-23-25-16(2)14-22(27-23)24-13-12-18-8-11-20(28-3)21(15-18)29-4/h6-11,14-15H,5,12-13H2,1-4H3,(H2,24,25,26,27). The maximum absolute atomic E-state index is 5.37. The van der Waals surface area contributed by atoms with Gasteiger partial charge in [-0.25, -0.2) is 4.98 Å². The first-order chi connectivity index (χ1) is 14.1. The second-order valence-corrected chi connectivity index (χ2v) is 6.76. The third-order valence-electron chi connectivity index (χ3n) is 4.64. The van der Waals surface area contributed by atoms with Crippen molar-refractivity contribution in [2.45, 2.75) is 26.7 Å². The van der Waals surface area contributed by atoms with Gasteiger partial charge >= 0.3 is 0 Å². The van der Waals surface area contributed by atoms with E-state index in [1.54, 1.807) is 14.2 Å². The van der Waals surface area contributed by atoms with Crippen molar-refractivity contribution < 1.29 is 9.47 Å². The van der Waals surface area contributed by atoms with Crippen molar-refractivity contribution in [3.63, 3.8) is 0 Å². The van der Waals surface area contributed by atoms with Crippen LogP contribution in [0.15, 0.2) is 48.5 Å². The number of nitrogens with zero attached hydrogens (tertiary/aromatic N) is 2. The lowest BCUT2D eigenvalue weighted by molar-refractivity contribution is 0.354. The molecule has 6 nitrogen and oxygen atoms in total. The lowest BCUT2D eigenvalue weighted by Gasteiger charge is -2.12. The summed E-state index contributed by atoms with van der Waals surface area (Å²) >= 11 is 0. The van der Waals surface area contributed by atoms with E-state index in [1.807, 2.05) is 31.2 Å². The summed E-state index contributed by atoms with van der Waals surface area (Å²) in [5.41, 5.74) is 4.35. The van der Waals surface area contributed by atoms with Gasteiger partial charge in [0.1, 0.15) is 5.82 Å². The number of anilines is 3. The van der Waals surface area contributed by atoms with Crippen molar-refractivity contribution in [3.8, 4) is 11.5 Å². The van der Waals surface area contributed by atoms with Crippen molar-refractivity contribution in [1.29, 1.82) is 0 Å². The van der Waals surface area contributed by atoms with E-state index in [9.17, 15) is 0 Å². The van der Waals surface area contributed by atoms with Gasteiger partial charge in [0.05, 0.1) is 14.2 Å². The Morgan fingerprint density at radius 3 is 2.28 bits per heavy atom. The highest BCUT2D eigenvalue weighted by Gasteiger charge is 2.06. The maximum Gasteiger partial charge on any atom is 0.229 e. The largest absolute Gasteiger partial charge is 0.493 e. The molecule has 3 rings (SSSR count). The molecule has 0 radical (unpaired) electrons. The lowest BCUT2D eigenvalue weighted by Crippen LogP contribution is -2.09. The molecule has 6 heteroatoms. The fraction of sp³-hybridized carbons (Fsp3) is 0.304. The molecule has 0 atom stereocenters. The van der Waals surface area contributed by atoms with Crippen LogP contribution in [0.3, 0.4) is 0 Å². The van der Waals surface area contributed by atoms with E-state index in [0.29, 0.717) is 5.95 Å². The summed E-state index contributed by atoms with van der Waals surface area (Å²) < 4.78 is 10.7. The van der Waals surface area contributed by atoms with E-state index < -0.39 is 0 Å². The number of ether oxygens (including phenoxy) is 2. The van der Waals surface area contributed by atoms with Crippen LogP contribution in [-0.4, -0.2) is 30.7 Å². The predicted octanol–water partition coefficient (Wildman–Crippen LogP) is 4.76. The molecule has 0 unspecified atom stereocenters. The highest BCUT2D eigenvalue weighted by Crippen LogP contribution is 2.27. The number of hydrogen-bond acceptors (Lipinski definition) is 6. The Hall–Kier alpha value is -3.28. The van der Waals surface area contributed by atoms with Crippen molar-refractivity contribution in [1.82, 2.24) is 9.97 Å². The number of nitrogens with one attached hydrogen (secondary N) is 2. The fourth-order valence-corrected chi connectivity index (χ4v) is 3.04. The molecule has 0 bridgehead atoms. The summed E-state index contributed by atoms with van der Waals surface area (Å²) in [6.07, 6.45) is 1.86. The Morgan fingerprint density at radius 2 is 1.59 bits per heavy atom. The monoisotopic (exact) mass is 392 g/mol. The highest BCUT2D eigenvalue weighted by atomic mass is 16.5. The van der Waals surface area contributed by atoms with Gasteiger partial charge in [0.2, 0.25) is 5.95 Å². The van der Waals surface area contributed by atoms with E-state index in [2.05, 4.69) is 51.8 Å². The molecule has 0 fully saturated rings. The number of aromatic nitrogens is 2. The minimum Gasteiger partial charge on any atom is -0.493 e. The third kappa shape index (κ3) is 5.60. The zero-order chi connectivity index (χ0) is 20.6. The second kappa shape index (κ2) is 9.78. The average molecular weight is 393 g/mol. The number of benzene rings is 2. The molecule has 0 amide bonds. The van der Waals surface area contributed by atoms with E-state index in [-0.39, 0.29) is 0 Å². The number of rotatable bonds is 9. The molecule has 0 aliphatic rings. The number of aryl methyl sites for hydroxylation is 2. The summed E-state index contributed by atoms with van der Waals surface area (Å²) in [5.74, 6) is 2.86. The van der Waals surface area contributed by atoms with E-state index in [0.717, 1.165) is 53.6 Å². The van der Waals surface area contributed by atoms with E-state index >= 15 is 0 Å². The topological polar surface area (TPSA) is 68.3 Å². The van der Waals surface area contributed by atoms with E-state index in [4.69, 9.17) is 9.47 Å². The van der Waals surface area contributed by atoms with Crippen LogP contribution >= 0.6 is 0 Å². The quantitative estimate of drug-likeness (QED) is 0.547. The van der Waals surface area contributed by atoms with Crippen LogP contribution < -0.4 is 20.1 Å². The molecular formula is C23H28N4O2. The molecule has 152 valence electrons. The molecule has 0 saturated heterocycles. The van der Waals surface area contributed by atoms with Crippen LogP contribution in [-0.2, 0) is 12.8 Å². The van der Waals surface area contributed by atoms with Gasteiger partial charge in [0.15, 0.2) is 11.5 Å². The van der Waals surface area contributed by atoms with Crippen LogP contribution in [0.2, 0.25) is 0 Å². The summed E-state index contributed by atoms with van der Waals surface area (Å²) in [6.45, 7) is 4.86. The Balaban J connectivity index is 1.62. The minimum atomic E-state index is 0.586. The lowest BCUT2D eigenvalue weighted by atomic mass is 10.1. The summed E-state index contributed by atoms with van der Waals surface area (Å²) in [4.78, 5) is 9.07. The Bertz CT molecular complexity index is 942. The first-order valence-electron chi connectivity index (χ1n) is 9.77. The SMILES string of the molecule is CCc1ccc(Nc2nc(C)cc(NCCc3ccc(OC)c(OC)c3)n2)cc1. The zero-order valence-corrected chi connectivity index (χ0v) is 17.5. The van der Waals surface area contributed by atoms with Gasteiger partial charge in [-0.05, 0) is 55.2 Å². The maximum atomic E-state index is 5.37. The molecule has 2 aromatic carbocycles. The molecule has 29 heavy (non-hydrogen) atoms. The Labute approximate surface area is 172 Å². The molecule has 0 saturated carbocycles. The highest BCUT2D eigenvalue weighted by molar-refractivity contribution is 5.55. The molecule has 2 N–H and O–H groups in total. The molecule has 0 aliphatic heterocycles. The molecule has 1 heterocycles. The van der Waals surface area contributed by atoms with Gasteiger partial charge in [-0.1, -0.05) is 25.1 Å². The predicted molar refractivity (Wildman–Crippen MR) is 118 cm³/mol. The van der Waals surface area contributed by atoms with Gasteiger partial charge in [0, 0.05) is 24.0 Å². The van der Waals surface area contributed by atoms with Gasteiger partial charge < -0.3 is 20.1 Å².